The molecule has 0 aliphatic carbocycles. The van der Waals surface area contributed by atoms with Crippen molar-refractivity contribution in [2.75, 3.05) is 44.2 Å². The predicted octanol–water partition coefficient (Wildman–Crippen LogP) is 2.36. The molecule has 26 heavy (non-hydrogen) atoms. The van der Waals surface area contributed by atoms with Crippen LogP contribution in [0.4, 0.5) is 10.5 Å². The van der Waals surface area contributed by atoms with Gasteiger partial charge in [0.15, 0.2) is 17.6 Å². The highest BCUT2D eigenvalue weighted by molar-refractivity contribution is 5.74. The van der Waals surface area contributed by atoms with Crippen molar-refractivity contribution in [1.82, 2.24) is 10.2 Å². The molecule has 0 unspecified atom stereocenters. The lowest BCUT2D eigenvalue weighted by molar-refractivity contribution is 0.0900. The zero-order chi connectivity index (χ0) is 17.8. The van der Waals surface area contributed by atoms with Gasteiger partial charge in [-0.25, -0.2) is 4.79 Å². The van der Waals surface area contributed by atoms with Crippen LogP contribution in [0.1, 0.15) is 0 Å². The minimum absolute atomic E-state index is 0.0415. The number of carbonyl (C=O) groups excluding carboxylic acids is 1. The summed E-state index contributed by atoms with van der Waals surface area (Å²) in [5.74, 6) is 1.49. The standard InChI is InChI=1S/C20H23N3O3/c24-20(21-14-17-15-25-18-8-4-5-9-19(18)26-17)23-12-10-22(11-13-23)16-6-2-1-3-7-16/h1-9,17H,10-15H2,(H,21,24)/t17-/m0/s1. The van der Waals surface area contributed by atoms with Gasteiger partial charge in [0.2, 0.25) is 0 Å². The third kappa shape index (κ3) is 3.69. The number of hydrogen-bond acceptors (Lipinski definition) is 4. The van der Waals surface area contributed by atoms with Crippen molar-refractivity contribution in [3.63, 3.8) is 0 Å². The molecule has 0 radical (unpaired) electrons. The van der Waals surface area contributed by atoms with Gasteiger partial charge in [-0.3, -0.25) is 0 Å². The Bertz CT molecular complexity index is 745. The molecule has 0 bridgehead atoms. The molecule has 2 aliphatic heterocycles. The molecule has 2 aromatic rings. The van der Waals surface area contributed by atoms with E-state index in [0.29, 0.717) is 26.2 Å². The number of hydrogen-bond donors (Lipinski definition) is 1. The van der Waals surface area contributed by atoms with Crippen molar-refractivity contribution < 1.29 is 14.3 Å². The molecule has 0 aromatic heterocycles. The van der Waals surface area contributed by atoms with Crippen LogP contribution in [-0.4, -0.2) is 56.4 Å². The summed E-state index contributed by atoms with van der Waals surface area (Å²) in [5, 5.41) is 2.97. The molecular formula is C20H23N3O3. The molecule has 6 nitrogen and oxygen atoms in total. The van der Waals surface area contributed by atoms with Crippen molar-refractivity contribution in [3.05, 3.63) is 54.6 Å². The van der Waals surface area contributed by atoms with E-state index in [9.17, 15) is 4.79 Å². The fourth-order valence-corrected chi connectivity index (χ4v) is 3.28. The number of carbonyl (C=O) groups is 1. The number of amides is 2. The summed E-state index contributed by atoms with van der Waals surface area (Å²) in [4.78, 5) is 16.6. The van der Waals surface area contributed by atoms with Crippen LogP contribution in [-0.2, 0) is 0 Å². The minimum atomic E-state index is -0.167. The van der Waals surface area contributed by atoms with Crippen LogP contribution < -0.4 is 19.7 Å². The number of nitrogens with zero attached hydrogens (tertiary/aromatic N) is 2. The molecule has 6 heteroatoms. The Morgan fingerprint density at radius 2 is 1.65 bits per heavy atom. The Hall–Kier alpha value is -2.89. The highest BCUT2D eigenvalue weighted by Crippen LogP contribution is 2.30. The van der Waals surface area contributed by atoms with E-state index < -0.39 is 0 Å². The van der Waals surface area contributed by atoms with E-state index in [2.05, 4.69) is 22.3 Å². The summed E-state index contributed by atoms with van der Waals surface area (Å²) in [7, 11) is 0. The largest absolute Gasteiger partial charge is 0.486 e. The molecule has 0 saturated carbocycles. The minimum Gasteiger partial charge on any atom is -0.486 e. The number of anilines is 1. The van der Waals surface area contributed by atoms with E-state index in [0.717, 1.165) is 24.6 Å². The lowest BCUT2D eigenvalue weighted by Gasteiger charge is -2.36. The van der Waals surface area contributed by atoms with Crippen molar-refractivity contribution in [2.24, 2.45) is 0 Å². The first-order valence-electron chi connectivity index (χ1n) is 9.01. The zero-order valence-electron chi connectivity index (χ0n) is 14.6. The maximum atomic E-state index is 12.4. The average Bonchev–Trinajstić information content (AvgIpc) is 2.72. The Labute approximate surface area is 153 Å². The highest BCUT2D eigenvalue weighted by Gasteiger charge is 2.24. The van der Waals surface area contributed by atoms with Crippen LogP contribution >= 0.6 is 0 Å². The summed E-state index contributed by atoms with van der Waals surface area (Å²) >= 11 is 0. The van der Waals surface area contributed by atoms with E-state index in [4.69, 9.17) is 9.47 Å². The molecule has 4 rings (SSSR count). The molecule has 1 atom stereocenters. The topological polar surface area (TPSA) is 54.0 Å². The number of benzene rings is 2. The summed E-state index contributed by atoms with van der Waals surface area (Å²) in [6.45, 7) is 3.99. The number of rotatable bonds is 3. The van der Waals surface area contributed by atoms with Gasteiger partial charge in [0.1, 0.15) is 6.61 Å². The molecule has 2 aliphatic rings. The van der Waals surface area contributed by atoms with Crippen LogP contribution in [0.2, 0.25) is 0 Å². The van der Waals surface area contributed by atoms with Gasteiger partial charge in [0.05, 0.1) is 6.54 Å². The van der Waals surface area contributed by atoms with Gasteiger partial charge >= 0.3 is 6.03 Å². The Kier molecular flexibility index (Phi) is 4.82. The van der Waals surface area contributed by atoms with Crippen LogP contribution in [0, 0.1) is 0 Å². The SMILES string of the molecule is O=C(NC[C@H]1COc2ccccc2O1)N1CCN(c2ccccc2)CC1. The van der Waals surface area contributed by atoms with Crippen LogP contribution in [0.5, 0.6) is 11.5 Å². The quantitative estimate of drug-likeness (QED) is 0.920. The molecule has 2 aromatic carbocycles. The maximum absolute atomic E-state index is 12.4. The second-order valence-corrected chi connectivity index (χ2v) is 6.49. The summed E-state index contributed by atoms with van der Waals surface area (Å²) < 4.78 is 11.6. The van der Waals surface area contributed by atoms with Crippen molar-refractivity contribution in [2.45, 2.75) is 6.10 Å². The molecule has 1 N–H and O–H groups in total. The van der Waals surface area contributed by atoms with E-state index >= 15 is 0 Å². The van der Waals surface area contributed by atoms with Crippen LogP contribution in [0.25, 0.3) is 0 Å². The summed E-state index contributed by atoms with van der Waals surface area (Å²) in [5.41, 5.74) is 1.21. The molecule has 1 saturated heterocycles. The first kappa shape index (κ1) is 16.6. The third-order valence-corrected chi connectivity index (χ3v) is 4.74. The number of urea groups is 1. The van der Waals surface area contributed by atoms with Crippen LogP contribution in [0.3, 0.4) is 0 Å². The number of fused-ring (bicyclic) bond motifs is 1. The Balaban J connectivity index is 1.24. The number of piperazine rings is 1. The monoisotopic (exact) mass is 353 g/mol. The van der Waals surface area contributed by atoms with Gasteiger partial charge in [0.25, 0.3) is 0 Å². The fourth-order valence-electron chi connectivity index (χ4n) is 3.28. The number of ether oxygens (including phenoxy) is 2. The van der Waals surface area contributed by atoms with Crippen molar-refractivity contribution in [1.29, 1.82) is 0 Å². The molecule has 2 heterocycles. The van der Waals surface area contributed by atoms with Crippen molar-refractivity contribution in [3.8, 4) is 11.5 Å². The first-order chi connectivity index (χ1) is 12.8. The molecule has 0 spiro atoms. The Morgan fingerprint density at radius 1 is 0.962 bits per heavy atom. The lowest BCUT2D eigenvalue weighted by Crippen LogP contribution is -2.53. The van der Waals surface area contributed by atoms with Crippen LogP contribution in [0.15, 0.2) is 54.6 Å². The molecule has 2 amide bonds. The van der Waals surface area contributed by atoms with E-state index in [1.165, 1.54) is 5.69 Å². The molecule has 1 fully saturated rings. The molecule has 136 valence electrons. The second kappa shape index (κ2) is 7.56. The van der Waals surface area contributed by atoms with Gasteiger partial charge in [-0.05, 0) is 24.3 Å². The van der Waals surface area contributed by atoms with Gasteiger partial charge in [-0.2, -0.15) is 0 Å². The van der Waals surface area contributed by atoms with Gasteiger partial charge in [-0.1, -0.05) is 30.3 Å². The normalized spacial score (nSPS) is 19.2. The first-order valence-corrected chi connectivity index (χ1v) is 9.01. The van der Waals surface area contributed by atoms with Gasteiger partial charge < -0.3 is 24.6 Å². The van der Waals surface area contributed by atoms with E-state index in [1.807, 2.05) is 47.4 Å². The lowest BCUT2D eigenvalue weighted by atomic mass is 10.2. The number of nitrogens with one attached hydrogen (secondary N) is 1. The maximum Gasteiger partial charge on any atom is 0.317 e. The zero-order valence-corrected chi connectivity index (χ0v) is 14.6. The second-order valence-electron chi connectivity index (χ2n) is 6.49. The predicted molar refractivity (Wildman–Crippen MR) is 100.0 cm³/mol. The van der Waals surface area contributed by atoms with E-state index in [-0.39, 0.29) is 12.1 Å². The van der Waals surface area contributed by atoms with Gasteiger partial charge in [-0.15, -0.1) is 0 Å². The highest BCUT2D eigenvalue weighted by atomic mass is 16.6. The number of para-hydroxylation sites is 3. The van der Waals surface area contributed by atoms with E-state index in [1.54, 1.807) is 0 Å². The van der Waals surface area contributed by atoms with Crippen molar-refractivity contribution >= 4 is 11.7 Å². The van der Waals surface area contributed by atoms with Gasteiger partial charge in [0, 0.05) is 31.9 Å². The Morgan fingerprint density at radius 3 is 2.42 bits per heavy atom. The third-order valence-electron chi connectivity index (χ3n) is 4.74. The fraction of sp³-hybridized carbons (Fsp3) is 0.350. The summed E-state index contributed by atoms with van der Waals surface area (Å²) in [6.07, 6.45) is -0.167. The molecular weight excluding hydrogens is 330 g/mol. The smallest absolute Gasteiger partial charge is 0.317 e. The summed E-state index contributed by atoms with van der Waals surface area (Å²) in [6, 6.07) is 17.9. The average molecular weight is 353 g/mol.